The summed E-state index contributed by atoms with van der Waals surface area (Å²) < 4.78 is 11.5. The minimum absolute atomic E-state index is 0.358. The summed E-state index contributed by atoms with van der Waals surface area (Å²) in [5, 5.41) is 8.40. The molecule has 0 bridgehead atoms. The monoisotopic (exact) mass is 424 g/mol. The molecular formula is C20H26Cl2N4O2. The molecule has 0 saturated carbocycles. The summed E-state index contributed by atoms with van der Waals surface area (Å²) in [5.74, 6) is 1.76. The van der Waals surface area contributed by atoms with E-state index in [0.29, 0.717) is 16.9 Å². The van der Waals surface area contributed by atoms with Crippen LogP contribution in [0.4, 0.5) is 5.69 Å². The van der Waals surface area contributed by atoms with Crippen LogP contribution in [0.15, 0.2) is 30.3 Å². The lowest BCUT2D eigenvalue weighted by atomic mass is 10.3. The molecule has 1 aliphatic heterocycles. The average Bonchev–Trinajstić information content (AvgIpc) is 2.72. The van der Waals surface area contributed by atoms with Gasteiger partial charge in [-0.1, -0.05) is 36.5 Å². The Morgan fingerprint density at radius 2 is 1.57 bits per heavy atom. The SMILES string of the molecule is CCCCOc1ccc(OCCN2CCN(c3cc(Cl)nnc3Cl)CC2)cc1. The quantitative estimate of drug-likeness (QED) is 0.563. The summed E-state index contributed by atoms with van der Waals surface area (Å²) in [6.07, 6.45) is 2.21. The smallest absolute Gasteiger partial charge is 0.175 e. The molecule has 2 heterocycles. The second-order valence-electron chi connectivity index (χ2n) is 6.69. The molecule has 28 heavy (non-hydrogen) atoms. The zero-order valence-corrected chi connectivity index (χ0v) is 17.6. The zero-order valence-electron chi connectivity index (χ0n) is 16.1. The van der Waals surface area contributed by atoms with E-state index < -0.39 is 0 Å². The van der Waals surface area contributed by atoms with E-state index >= 15 is 0 Å². The lowest BCUT2D eigenvalue weighted by Gasteiger charge is -2.36. The summed E-state index contributed by atoms with van der Waals surface area (Å²) in [7, 11) is 0. The van der Waals surface area contributed by atoms with E-state index in [0.717, 1.165) is 69.4 Å². The molecule has 0 amide bonds. The van der Waals surface area contributed by atoms with Crippen LogP contribution in [0.25, 0.3) is 0 Å². The van der Waals surface area contributed by atoms with Gasteiger partial charge in [0.15, 0.2) is 10.3 Å². The second kappa shape index (κ2) is 10.7. The van der Waals surface area contributed by atoms with Gasteiger partial charge in [-0.15, -0.1) is 10.2 Å². The van der Waals surface area contributed by atoms with Gasteiger partial charge >= 0.3 is 0 Å². The van der Waals surface area contributed by atoms with Crippen molar-refractivity contribution in [1.82, 2.24) is 15.1 Å². The van der Waals surface area contributed by atoms with Gasteiger partial charge < -0.3 is 14.4 Å². The van der Waals surface area contributed by atoms with E-state index in [-0.39, 0.29) is 0 Å². The van der Waals surface area contributed by atoms with Crippen LogP contribution in [0.2, 0.25) is 10.3 Å². The molecule has 0 aliphatic carbocycles. The number of hydrogen-bond donors (Lipinski definition) is 0. The third kappa shape index (κ3) is 6.12. The molecule has 1 saturated heterocycles. The number of unbranched alkanes of at least 4 members (excludes halogenated alkanes) is 1. The van der Waals surface area contributed by atoms with Crippen LogP contribution < -0.4 is 14.4 Å². The molecule has 6 nitrogen and oxygen atoms in total. The van der Waals surface area contributed by atoms with Crippen molar-refractivity contribution in [2.45, 2.75) is 19.8 Å². The van der Waals surface area contributed by atoms with Crippen LogP contribution in [0.3, 0.4) is 0 Å². The van der Waals surface area contributed by atoms with Crippen molar-refractivity contribution in [3.05, 3.63) is 40.6 Å². The van der Waals surface area contributed by atoms with Gasteiger partial charge in [0.05, 0.1) is 12.3 Å². The van der Waals surface area contributed by atoms with Crippen LogP contribution >= 0.6 is 23.2 Å². The molecule has 0 spiro atoms. The molecule has 1 aliphatic rings. The van der Waals surface area contributed by atoms with E-state index in [1.165, 1.54) is 0 Å². The third-order valence-corrected chi connectivity index (χ3v) is 5.13. The highest BCUT2D eigenvalue weighted by Crippen LogP contribution is 2.26. The first-order valence-electron chi connectivity index (χ1n) is 9.67. The largest absolute Gasteiger partial charge is 0.494 e. The number of ether oxygens (including phenoxy) is 2. The Labute approximate surface area is 176 Å². The van der Waals surface area contributed by atoms with Crippen molar-refractivity contribution in [2.24, 2.45) is 0 Å². The van der Waals surface area contributed by atoms with Gasteiger partial charge in [0.25, 0.3) is 0 Å². The van der Waals surface area contributed by atoms with E-state index in [1.54, 1.807) is 6.07 Å². The number of halogens is 2. The topological polar surface area (TPSA) is 50.7 Å². The van der Waals surface area contributed by atoms with Gasteiger partial charge in [-0.25, -0.2) is 0 Å². The molecule has 1 fully saturated rings. The van der Waals surface area contributed by atoms with Crippen molar-refractivity contribution < 1.29 is 9.47 Å². The van der Waals surface area contributed by atoms with E-state index in [1.807, 2.05) is 24.3 Å². The predicted octanol–water partition coefficient (Wildman–Crippen LogP) is 4.16. The predicted molar refractivity (Wildman–Crippen MR) is 113 cm³/mol. The van der Waals surface area contributed by atoms with Crippen molar-refractivity contribution in [1.29, 1.82) is 0 Å². The summed E-state index contributed by atoms with van der Waals surface area (Å²) in [5.41, 5.74) is 0.846. The third-order valence-electron chi connectivity index (χ3n) is 4.68. The van der Waals surface area contributed by atoms with Crippen molar-refractivity contribution in [2.75, 3.05) is 50.8 Å². The number of aromatic nitrogens is 2. The number of rotatable bonds is 9. The Bertz CT molecular complexity index is 737. The van der Waals surface area contributed by atoms with Crippen molar-refractivity contribution >= 4 is 28.9 Å². The van der Waals surface area contributed by atoms with Gasteiger partial charge in [-0.2, -0.15) is 0 Å². The molecule has 152 valence electrons. The maximum absolute atomic E-state index is 6.15. The minimum Gasteiger partial charge on any atom is -0.494 e. The van der Waals surface area contributed by atoms with Crippen LogP contribution in [0.5, 0.6) is 11.5 Å². The summed E-state index contributed by atoms with van der Waals surface area (Å²) in [6.45, 7) is 8.05. The van der Waals surface area contributed by atoms with E-state index in [2.05, 4.69) is 26.9 Å². The van der Waals surface area contributed by atoms with Crippen LogP contribution in [-0.2, 0) is 0 Å². The maximum atomic E-state index is 6.15. The molecule has 0 radical (unpaired) electrons. The fourth-order valence-electron chi connectivity index (χ4n) is 3.04. The van der Waals surface area contributed by atoms with Gasteiger partial charge in [0.2, 0.25) is 0 Å². The van der Waals surface area contributed by atoms with Crippen LogP contribution in [0.1, 0.15) is 19.8 Å². The van der Waals surface area contributed by atoms with Crippen molar-refractivity contribution in [3.8, 4) is 11.5 Å². The summed E-state index contributed by atoms with van der Waals surface area (Å²) in [4.78, 5) is 4.57. The molecule has 2 aromatic rings. The molecular weight excluding hydrogens is 399 g/mol. The lowest BCUT2D eigenvalue weighted by molar-refractivity contribution is 0.200. The Balaban J connectivity index is 1.38. The number of nitrogens with zero attached hydrogens (tertiary/aromatic N) is 4. The molecule has 0 atom stereocenters. The summed E-state index contributed by atoms with van der Waals surface area (Å²) in [6, 6.07) is 9.61. The Kier molecular flexibility index (Phi) is 8.01. The zero-order chi connectivity index (χ0) is 19.8. The fraction of sp³-hybridized carbons (Fsp3) is 0.500. The number of hydrogen-bond acceptors (Lipinski definition) is 6. The molecule has 0 unspecified atom stereocenters. The standard InChI is InChI=1S/C20H26Cl2N4O2/c1-2-3-13-27-16-4-6-17(7-5-16)28-14-12-25-8-10-26(11-9-25)18-15-19(21)23-24-20(18)22/h4-7,15H,2-3,8-14H2,1H3. The Morgan fingerprint density at radius 3 is 2.21 bits per heavy atom. The fourth-order valence-corrected chi connectivity index (χ4v) is 3.39. The van der Waals surface area contributed by atoms with E-state index in [4.69, 9.17) is 32.7 Å². The number of piperazine rings is 1. The molecule has 1 aromatic carbocycles. The maximum Gasteiger partial charge on any atom is 0.175 e. The van der Waals surface area contributed by atoms with Crippen LogP contribution in [0, 0.1) is 0 Å². The van der Waals surface area contributed by atoms with Gasteiger partial charge in [-0.05, 0) is 30.7 Å². The highest BCUT2D eigenvalue weighted by atomic mass is 35.5. The second-order valence-corrected chi connectivity index (χ2v) is 7.44. The van der Waals surface area contributed by atoms with Gasteiger partial charge in [0.1, 0.15) is 18.1 Å². The van der Waals surface area contributed by atoms with E-state index in [9.17, 15) is 0 Å². The van der Waals surface area contributed by atoms with Crippen molar-refractivity contribution in [3.63, 3.8) is 0 Å². The number of benzene rings is 1. The Hall–Kier alpha value is -1.76. The molecule has 0 N–H and O–H groups in total. The summed E-state index contributed by atoms with van der Waals surface area (Å²) >= 11 is 12.1. The molecule has 8 heteroatoms. The minimum atomic E-state index is 0.358. The lowest BCUT2D eigenvalue weighted by Crippen LogP contribution is -2.47. The first kappa shape index (κ1) is 21.0. The first-order valence-corrected chi connectivity index (χ1v) is 10.4. The average molecular weight is 425 g/mol. The highest BCUT2D eigenvalue weighted by molar-refractivity contribution is 6.33. The highest BCUT2D eigenvalue weighted by Gasteiger charge is 2.20. The normalized spacial score (nSPS) is 14.9. The van der Waals surface area contributed by atoms with Gasteiger partial charge in [-0.3, -0.25) is 4.90 Å². The first-order chi connectivity index (χ1) is 13.7. The Morgan fingerprint density at radius 1 is 0.929 bits per heavy atom. The number of anilines is 1. The molecule has 1 aromatic heterocycles. The van der Waals surface area contributed by atoms with Crippen LogP contribution in [-0.4, -0.2) is 61.0 Å². The molecule has 3 rings (SSSR count). The van der Waals surface area contributed by atoms with Gasteiger partial charge in [0, 0.05) is 38.8 Å².